The van der Waals surface area contributed by atoms with E-state index in [4.69, 9.17) is 0 Å². The summed E-state index contributed by atoms with van der Waals surface area (Å²) in [7, 11) is -1.52. The molecular formula is C18H29F2N5O2S. The number of sulfonamides is 1. The topological polar surface area (TPSA) is 77.0 Å². The summed E-state index contributed by atoms with van der Waals surface area (Å²) in [5.41, 5.74) is 0.397. The lowest BCUT2D eigenvalue weighted by molar-refractivity contribution is 0.424. The van der Waals surface area contributed by atoms with E-state index < -0.39 is 21.7 Å². The fraction of sp³-hybridized carbons (Fsp3) is 0.611. The van der Waals surface area contributed by atoms with Crippen LogP contribution in [-0.4, -0.2) is 70.8 Å². The standard InChI is InChI=1S/C18H29F2N5O2S/c1-4-25(28(3,26)27)10-5-9-22-18(21-2)23-15-8-11-24(13-15)17-7-6-14(19)12-16(17)20/h6-7,12,15H,4-5,8-11,13H2,1-3H3,(H2,21,22,23). The number of guanidine groups is 1. The van der Waals surface area contributed by atoms with Gasteiger partial charge < -0.3 is 15.5 Å². The van der Waals surface area contributed by atoms with Gasteiger partial charge in [-0.05, 0) is 25.0 Å². The van der Waals surface area contributed by atoms with Gasteiger partial charge in [0, 0.05) is 51.9 Å². The van der Waals surface area contributed by atoms with Gasteiger partial charge in [-0.1, -0.05) is 6.92 Å². The third kappa shape index (κ3) is 6.30. The molecular weight excluding hydrogens is 388 g/mol. The Kier molecular flexibility index (Phi) is 7.99. The van der Waals surface area contributed by atoms with Gasteiger partial charge in [0.15, 0.2) is 5.96 Å². The Morgan fingerprint density at radius 1 is 1.39 bits per heavy atom. The molecule has 0 aromatic heterocycles. The third-order valence-corrected chi connectivity index (χ3v) is 6.08. The fourth-order valence-electron chi connectivity index (χ4n) is 3.24. The first-order valence-corrected chi connectivity index (χ1v) is 11.2. The predicted octanol–water partition coefficient (Wildman–Crippen LogP) is 1.38. The maximum atomic E-state index is 14.0. The second-order valence-corrected chi connectivity index (χ2v) is 8.76. The molecule has 0 radical (unpaired) electrons. The van der Waals surface area contributed by atoms with Gasteiger partial charge in [0.25, 0.3) is 0 Å². The van der Waals surface area contributed by atoms with Gasteiger partial charge in [-0.3, -0.25) is 4.99 Å². The molecule has 0 bridgehead atoms. The molecule has 10 heteroatoms. The average molecular weight is 418 g/mol. The van der Waals surface area contributed by atoms with E-state index >= 15 is 0 Å². The second-order valence-electron chi connectivity index (χ2n) is 6.78. The molecule has 1 heterocycles. The number of halogens is 2. The van der Waals surface area contributed by atoms with Gasteiger partial charge in [0.05, 0.1) is 11.9 Å². The second kappa shape index (κ2) is 10.0. The largest absolute Gasteiger partial charge is 0.367 e. The minimum atomic E-state index is -3.18. The third-order valence-electron chi connectivity index (χ3n) is 4.70. The van der Waals surface area contributed by atoms with Crippen molar-refractivity contribution < 1.29 is 17.2 Å². The quantitative estimate of drug-likeness (QED) is 0.380. The van der Waals surface area contributed by atoms with Crippen LogP contribution in [0.3, 0.4) is 0 Å². The summed E-state index contributed by atoms with van der Waals surface area (Å²) in [5, 5.41) is 6.47. The summed E-state index contributed by atoms with van der Waals surface area (Å²) in [4.78, 5) is 6.06. The minimum absolute atomic E-state index is 0.0822. The van der Waals surface area contributed by atoms with Crippen LogP contribution in [-0.2, 0) is 10.0 Å². The highest BCUT2D eigenvalue weighted by atomic mass is 32.2. The molecule has 7 nitrogen and oxygen atoms in total. The number of nitrogens with one attached hydrogen (secondary N) is 2. The molecule has 0 aliphatic carbocycles. The maximum Gasteiger partial charge on any atom is 0.211 e. The molecule has 0 spiro atoms. The van der Waals surface area contributed by atoms with E-state index in [-0.39, 0.29) is 6.04 Å². The van der Waals surface area contributed by atoms with Crippen molar-refractivity contribution in [3.8, 4) is 0 Å². The van der Waals surface area contributed by atoms with Crippen molar-refractivity contribution in [1.29, 1.82) is 0 Å². The Bertz CT molecular complexity index is 788. The molecule has 28 heavy (non-hydrogen) atoms. The van der Waals surface area contributed by atoms with Crippen LogP contribution in [0.4, 0.5) is 14.5 Å². The summed E-state index contributed by atoms with van der Waals surface area (Å²) in [6.07, 6.45) is 2.66. The summed E-state index contributed by atoms with van der Waals surface area (Å²) < 4.78 is 51.6. The first-order chi connectivity index (χ1) is 13.2. The van der Waals surface area contributed by atoms with E-state index in [2.05, 4.69) is 15.6 Å². The van der Waals surface area contributed by atoms with Crippen LogP contribution >= 0.6 is 0 Å². The van der Waals surface area contributed by atoms with E-state index in [1.54, 1.807) is 7.05 Å². The van der Waals surface area contributed by atoms with E-state index in [1.165, 1.54) is 22.7 Å². The van der Waals surface area contributed by atoms with Gasteiger partial charge in [-0.2, -0.15) is 0 Å². The monoisotopic (exact) mass is 417 g/mol. The van der Waals surface area contributed by atoms with Crippen molar-refractivity contribution in [2.45, 2.75) is 25.8 Å². The molecule has 2 rings (SSSR count). The zero-order chi connectivity index (χ0) is 20.7. The normalized spacial score (nSPS) is 18.0. The Hall–Kier alpha value is -1.94. The molecule has 1 aromatic rings. The molecule has 1 unspecified atom stereocenters. The number of hydrogen-bond donors (Lipinski definition) is 2. The van der Waals surface area contributed by atoms with Crippen molar-refractivity contribution in [3.05, 3.63) is 29.8 Å². The smallest absolute Gasteiger partial charge is 0.211 e. The van der Waals surface area contributed by atoms with Crippen LogP contribution in [0.5, 0.6) is 0 Å². The fourth-order valence-corrected chi connectivity index (χ4v) is 4.17. The SMILES string of the molecule is CCN(CCCNC(=NC)NC1CCN(c2ccc(F)cc2F)C1)S(C)(=O)=O. The Morgan fingerprint density at radius 3 is 2.75 bits per heavy atom. The molecule has 1 aromatic carbocycles. The summed E-state index contributed by atoms with van der Waals surface area (Å²) in [6.45, 7) is 4.53. The molecule has 1 saturated heterocycles. The van der Waals surface area contributed by atoms with Gasteiger partial charge >= 0.3 is 0 Å². The molecule has 158 valence electrons. The van der Waals surface area contributed by atoms with E-state index in [9.17, 15) is 17.2 Å². The van der Waals surface area contributed by atoms with Gasteiger partial charge in [0.2, 0.25) is 10.0 Å². The van der Waals surface area contributed by atoms with Crippen LogP contribution < -0.4 is 15.5 Å². The molecule has 1 fully saturated rings. The predicted molar refractivity (Wildman–Crippen MR) is 108 cm³/mol. The molecule has 1 aliphatic rings. The van der Waals surface area contributed by atoms with Crippen molar-refractivity contribution in [2.75, 3.05) is 50.9 Å². The lowest BCUT2D eigenvalue weighted by Gasteiger charge is -2.21. The summed E-state index contributed by atoms with van der Waals surface area (Å²) in [5.74, 6) is -0.527. The Balaban J connectivity index is 1.79. The van der Waals surface area contributed by atoms with Crippen molar-refractivity contribution in [1.82, 2.24) is 14.9 Å². The van der Waals surface area contributed by atoms with Crippen LogP contribution in [0, 0.1) is 11.6 Å². The number of anilines is 1. The van der Waals surface area contributed by atoms with Gasteiger partial charge in [-0.25, -0.2) is 21.5 Å². The van der Waals surface area contributed by atoms with E-state index in [0.717, 1.165) is 12.5 Å². The van der Waals surface area contributed by atoms with Crippen LogP contribution in [0.2, 0.25) is 0 Å². The summed E-state index contributed by atoms with van der Waals surface area (Å²) in [6, 6.07) is 3.70. The number of nitrogens with zero attached hydrogens (tertiary/aromatic N) is 3. The minimum Gasteiger partial charge on any atom is -0.367 e. The van der Waals surface area contributed by atoms with Crippen LogP contribution in [0.15, 0.2) is 23.2 Å². The Labute approximate surface area is 165 Å². The highest BCUT2D eigenvalue weighted by Crippen LogP contribution is 2.24. The zero-order valence-electron chi connectivity index (χ0n) is 16.6. The number of aliphatic imine (C=N–C) groups is 1. The van der Waals surface area contributed by atoms with Crippen molar-refractivity contribution in [3.63, 3.8) is 0 Å². The first-order valence-electron chi connectivity index (χ1n) is 9.37. The number of benzene rings is 1. The summed E-state index contributed by atoms with van der Waals surface area (Å²) >= 11 is 0. The Morgan fingerprint density at radius 2 is 2.14 bits per heavy atom. The average Bonchev–Trinajstić information content (AvgIpc) is 3.07. The maximum absolute atomic E-state index is 14.0. The lowest BCUT2D eigenvalue weighted by atomic mass is 10.2. The molecule has 0 amide bonds. The van der Waals surface area contributed by atoms with E-state index in [0.29, 0.717) is 50.8 Å². The van der Waals surface area contributed by atoms with Crippen LogP contribution in [0.25, 0.3) is 0 Å². The molecule has 2 N–H and O–H groups in total. The first kappa shape index (κ1) is 22.4. The van der Waals surface area contributed by atoms with Crippen molar-refractivity contribution >= 4 is 21.7 Å². The van der Waals surface area contributed by atoms with Gasteiger partial charge in [-0.15, -0.1) is 0 Å². The van der Waals surface area contributed by atoms with Crippen molar-refractivity contribution in [2.24, 2.45) is 4.99 Å². The number of hydrogen-bond acceptors (Lipinski definition) is 4. The molecule has 1 atom stereocenters. The number of rotatable bonds is 8. The molecule has 1 aliphatic heterocycles. The van der Waals surface area contributed by atoms with E-state index in [1.807, 2.05) is 11.8 Å². The van der Waals surface area contributed by atoms with Crippen LogP contribution in [0.1, 0.15) is 19.8 Å². The molecule has 0 saturated carbocycles. The lowest BCUT2D eigenvalue weighted by Crippen LogP contribution is -2.45. The highest BCUT2D eigenvalue weighted by Gasteiger charge is 2.25. The zero-order valence-corrected chi connectivity index (χ0v) is 17.4. The highest BCUT2D eigenvalue weighted by molar-refractivity contribution is 7.88. The van der Waals surface area contributed by atoms with Gasteiger partial charge in [0.1, 0.15) is 11.6 Å².